The van der Waals surface area contributed by atoms with E-state index in [2.05, 4.69) is 31.9 Å². The largest absolute Gasteiger partial charge is 0.478 e. The molecule has 0 aliphatic carbocycles. The summed E-state index contributed by atoms with van der Waals surface area (Å²) in [5.41, 5.74) is 0.617. The molecular weight excluding hydrogens is 460 g/mol. The van der Waals surface area contributed by atoms with Gasteiger partial charge in [-0.05, 0) is 55.5 Å². The van der Waals surface area contributed by atoms with Crippen LogP contribution < -0.4 is 0 Å². The Kier molecular flexibility index (Phi) is 11.7. The fourth-order valence-electron chi connectivity index (χ4n) is 1.18. The lowest BCUT2D eigenvalue weighted by molar-refractivity contribution is 0.0686. The Labute approximate surface area is 162 Å². The highest BCUT2D eigenvalue weighted by Gasteiger charge is 1.99. The SMILES string of the molecule is CC(O)CO.O=C(O)c1ccc(Br)cc1.O=C(O)c1ccc(Br)cc1. The van der Waals surface area contributed by atoms with E-state index in [0.717, 1.165) is 8.95 Å². The third kappa shape index (κ3) is 11.4. The van der Waals surface area contributed by atoms with Crippen molar-refractivity contribution in [2.24, 2.45) is 0 Å². The maximum absolute atomic E-state index is 10.3. The lowest BCUT2D eigenvalue weighted by atomic mass is 10.2. The maximum Gasteiger partial charge on any atom is 0.335 e. The fourth-order valence-corrected chi connectivity index (χ4v) is 1.71. The summed E-state index contributed by atoms with van der Waals surface area (Å²) >= 11 is 6.40. The van der Waals surface area contributed by atoms with Crippen LogP contribution in [-0.2, 0) is 0 Å². The van der Waals surface area contributed by atoms with Crippen LogP contribution in [0.15, 0.2) is 57.5 Å². The Morgan fingerprint density at radius 1 is 0.840 bits per heavy atom. The van der Waals surface area contributed by atoms with Crippen molar-refractivity contribution >= 4 is 43.8 Å². The molecule has 8 heteroatoms. The molecule has 0 amide bonds. The van der Waals surface area contributed by atoms with Crippen LogP contribution in [0.25, 0.3) is 0 Å². The van der Waals surface area contributed by atoms with Crippen molar-refractivity contribution in [3.8, 4) is 0 Å². The molecule has 0 fully saturated rings. The van der Waals surface area contributed by atoms with E-state index in [1.807, 2.05) is 0 Å². The van der Waals surface area contributed by atoms with Crippen molar-refractivity contribution in [3.05, 3.63) is 68.6 Å². The standard InChI is InChI=1S/2C7H5BrO2.C3H8O2/c2*8-6-3-1-5(2-4-6)7(9)10;1-3(5)2-4/h2*1-4H,(H,9,10);3-5H,2H2,1H3. The molecule has 2 aromatic rings. The van der Waals surface area contributed by atoms with Crippen LogP contribution in [0.1, 0.15) is 27.6 Å². The van der Waals surface area contributed by atoms with Crippen molar-refractivity contribution in [1.29, 1.82) is 0 Å². The second kappa shape index (κ2) is 12.6. The van der Waals surface area contributed by atoms with Crippen molar-refractivity contribution in [1.82, 2.24) is 0 Å². The third-order valence-electron chi connectivity index (χ3n) is 2.45. The summed E-state index contributed by atoms with van der Waals surface area (Å²) in [7, 11) is 0. The van der Waals surface area contributed by atoms with Crippen LogP contribution in [0.3, 0.4) is 0 Å². The lowest BCUT2D eigenvalue weighted by Crippen LogP contribution is -2.03. The first-order valence-corrected chi connectivity index (χ1v) is 8.52. The molecule has 0 spiro atoms. The van der Waals surface area contributed by atoms with Gasteiger partial charge in [0.05, 0.1) is 23.8 Å². The monoisotopic (exact) mass is 476 g/mol. The molecule has 6 nitrogen and oxygen atoms in total. The van der Waals surface area contributed by atoms with E-state index in [-0.39, 0.29) is 6.61 Å². The van der Waals surface area contributed by atoms with Gasteiger partial charge in [0.1, 0.15) is 0 Å². The first-order chi connectivity index (χ1) is 11.7. The quantitative estimate of drug-likeness (QED) is 0.536. The molecule has 25 heavy (non-hydrogen) atoms. The number of carboxylic acid groups (broad SMARTS) is 2. The molecule has 0 aromatic heterocycles. The summed E-state index contributed by atoms with van der Waals surface area (Å²) < 4.78 is 1.77. The first kappa shape index (κ1) is 23.3. The third-order valence-corrected chi connectivity index (χ3v) is 3.50. The number of hydrogen-bond donors (Lipinski definition) is 4. The molecule has 4 N–H and O–H groups in total. The van der Waals surface area contributed by atoms with Crippen molar-refractivity contribution in [2.75, 3.05) is 6.61 Å². The van der Waals surface area contributed by atoms with Gasteiger partial charge in [0.2, 0.25) is 0 Å². The van der Waals surface area contributed by atoms with Crippen LogP contribution in [0, 0.1) is 0 Å². The number of aromatic carboxylic acids is 2. The Bertz CT molecular complexity index is 598. The Hall–Kier alpha value is -1.74. The van der Waals surface area contributed by atoms with Crippen molar-refractivity contribution in [2.45, 2.75) is 13.0 Å². The van der Waals surface area contributed by atoms with Crippen LogP contribution in [-0.4, -0.2) is 45.1 Å². The number of rotatable bonds is 3. The molecule has 1 atom stereocenters. The maximum atomic E-state index is 10.3. The fraction of sp³-hybridized carbons (Fsp3) is 0.176. The number of benzene rings is 2. The van der Waals surface area contributed by atoms with Gasteiger partial charge in [-0.15, -0.1) is 0 Å². The van der Waals surface area contributed by atoms with E-state index in [0.29, 0.717) is 11.1 Å². The Morgan fingerprint density at radius 2 is 1.08 bits per heavy atom. The normalized spacial score (nSPS) is 10.4. The lowest BCUT2D eigenvalue weighted by Gasteiger charge is -1.91. The Morgan fingerprint density at radius 3 is 1.24 bits per heavy atom. The smallest absolute Gasteiger partial charge is 0.335 e. The molecule has 136 valence electrons. The van der Waals surface area contributed by atoms with Gasteiger partial charge >= 0.3 is 11.9 Å². The predicted octanol–water partition coefficient (Wildman–Crippen LogP) is 3.65. The zero-order valence-corrected chi connectivity index (χ0v) is 16.4. The minimum atomic E-state index is -0.896. The van der Waals surface area contributed by atoms with E-state index in [1.165, 1.54) is 6.92 Å². The second-order valence-electron chi connectivity index (χ2n) is 4.66. The predicted molar refractivity (Wildman–Crippen MR) is 101 cm³/mol. The summed E-state index contributed by atoms with van der Waals surface area (Å²) in [4.78, 5) is 20.6. The van der Waals surface area contributed by atoms with Crippen molar-refractivity contribution < 1.29 is 30.0 Å². The summed E-state index contributed by atoms with van der Waals surface area (Å²) in [6.45, 7) is 1.39. The molecule has 2 aromatic carbocycles. The molecule has 0 saturated carbocycles. The second-order valence-corrected chi connectivity index (χ2v) is 6.49. The van der Waals surface area contributed by atoms with Crippen LogP contribution in [0.4, 0.5) is 0 Å². The minimum absolute atomic E-state index is 0.139. The number of carboxylic acids is 2. The van der Waals surface area contributed by atoms with Gasteiger partial charge < -0.3 is 20.4 Å². The molecule has 0 saturated heterocycles. The molecule has 0 aliphatic rings. The van der Waals surface area contributed by atoms with Gasteiger partial charge in [-0.1, -0.05) is 31.9 Å². The molecule has 0 aliphatic heterocycles. The van der Waals surface area contributed by atoms with Gasteiger partial charge in [-0.2, -0.15) is 0 Å². The topological polar surface area (TPSA) is 115 Å². The molecule has 0 radical (unpaired) electrons. The molecular formula is C17H18Br2O6. The van der Waals surface area contributed by atoms with Gasteiger partial charge in [-0.3, -0.25) is 0 Å². The molecule has 1 unspecified atom stereocenters. The van der Waals surface area contributed by atoms with E-state index < -0.39 is 18.0 Å². The number of aliphatic hydroxyl groups is 2. The van der Waals surface area contributed by atoms with Gasteiger partial charge in [0.25, 0.3) is 0 Å². The molecule has 2 rings (SSSR count). The van der Waals surface area contributed by atoms with E-state index in [9.17, 15) is 9.59 Å². The average Bonchev–Trinajstić information content (AvgIpc) is 2.56. The summed E-state index contributed by atoms with van der Waals surface area (Å²) in [6.07, 6.45) is -0.560. The minimum Gasteiger partial charge on any atom is -0.478 e. The number of aliphatic hydroxyl groups excluding tert-OH is 2. The summed E-state index contributed by atoms with van der Waals surface area (Å²) in [5, 5.41) is 32.9. The highest BCUT2D eigenvalue weighted by Crippen LogP contribution is 2.10. The van der Waals surface area contributed by atoms with Gasteiger partial charge in [-0.25, -0.2) is 9.59 Å². The number of halogens is 2. The summed E-state index contributed by atoms with van der Waals surface area (Å²) in [5.74, 6) is -1.79. The number of carbonyl (C=O) groups is 2. The highest BCUT2D eigenvalue weighted by atomic mass is 79.9. The molecule has 0 bridgehead atoms. The van der Waals surface area contributed by atoms with Gasteiger partial charge in [0.15, 0.2) is 0 Å². The van der Waals surface area contributed by atoms with E-state index >= 15 is 0 Å². The van der Waals surface area contributed by atoms with E-state index in [1.54, 1.807) is 48.5 Å². The first-order valence-electron chi connectivity index (χ1n) is 6.94. The van der Waals surface area contributed by atoms with Crippen molar-refractivity contribution in [3.63, 3.8) is 0 Å². The van der Waals surface area contributed by atoms with Crippen LogP contribution in [0.2, 0.25) is 0 Å². The van der Waals surface area contributed by atoms with Crippen LogP contribution >= 0.6 is 31.9 Å². The zero-order chi connectivity index (χ0) is 19.4. The number of hydrogen-bond acceptors (Lipinski definition) is 4. The van der Waals surface area contributed by atoms with Crippen LogP contribution in [0.5, 0.6) is 0 Å². The van der Waals surface area contributed by atoms with E-state index in [4.69, 9.17) is 20.4 Å². The highest BCUT2D eigenvalue weighted by molar-refractivity contribution is 9.10. The zero-order valence-electron chi connectivity index (χ0n) is 13.3. The molecule has 0 heterocycles. The Balaban J connectivity index is 0.000000368. The summed E-state index contributed by atoms with van der Waals surface area (Å²) in [6, 6.07) is 13.0. The van der Waals surface area contributed by atoms with Gasteiger partial charge in [0, 0.05) is 8.95 Å². The average molecular weight is 478 g/mol.